The van der Waals surface area contributed by atoms with E-state index in [1.54, 1.807) is 0 Å². The molecule has 0 saturated carbocycles. The molecule has 2 aromatic rings. The van der Waals surface area contributed by atoms with Gasteiger partial charge in [-0.25, -0.2) is 17.9 Å². The molecule has 0 aliphatic carbocycles. The summed E-state index contributed by atoms with van der Waals surface area (Å²) >= 11 is 5.89. The highest BCUT2D eigenvalue weighted by molar-refractivity contribution is 6.32. The van der Waals surface area contributed by atoms with Gasteiger partial charge >= 0.3 is 0 Å². The van der Waals surface area contributed by atoms with Crippen molar-refractivity contribution < 1.29 is 13.2 Å². The molecule has 1 N–H and O–H groups in total. The largest absolute Gasteiger partial charge is 0.313 e. The molecule has 0 unspecified atom stereocenters. The van der Waals surface area contributed by atoms with Crippen molar-refractivity contribution in [3.8, 4) is 5.69 Å². The van der Waals surface area contributed by atoms with Gasteiger partial charge in [0.1, 0.15) is 17.2 Å². The molecule has 1 aromatic heterocycles. The smallest absolute Gasteiger partial charge is 0.280 e. The molecule has 0 radical (unpaired) electrons. The van der Waals surface area contributed by atoms with Crippen LogP contribution in [0.15, 0.2) is 24.4 Å². The van der Waals surface area contributed by atoms with Gasteiger partial charge in [-0.3, -0.25) is 0 Å². The topological polar surface area (TPSA) is 29.9 Å². The second-order valence-electron chi connectivity index (χ2n) is 4.12. The summed E-state index contributed by atoms with van der Waals surface area (Å²) in [4.78, 5) is 0. The molecular formula is C13H13ClF3N3. The third-order valence-corrected chi connectivity index (χ3v) is 3.11. The molecule has 0 saturated heterocycles. The van der Waals surface area contributed by atoms with Crippen molar-refractivity contribution in [2.24, 2.45) is 0 Å². The number of nitrogens with one attached hydrogen (secondary N) is 1. The van der Waals surface area contributed by atoms with Gasteiger partial charge in [0.2, 0.25) is 0 Å². The van der Waals surface area contributed by atoms with Gasteiger partial charge in [0, 0.05) is 12.1 Å². The molecule has 0 bridgehead atoms. The predicted octanol–water partition coefficient (Wildman–Crippen LogP) is 3.71. The Kier molecular flexibility index (Phi) is 4.67. The average molecular weight is 304 g/mol. The Bertz CT molecular complexity index is 578. The first-order chi connectivity index (χ1) is 9.56. The summed E-state index contributed by atoms with van der Waals surface area (Å²) in [6.45, 7) is 2.73. The molecule has 3 nitrogen and oxygen atoms in total. The van der Waals surface area contributed by atoms with Crippen LogP contribution in [0.1, 0.15) is 24.6 Å². The lowest BCUT2D eigenvalue weighted by molar-refractivity contribution is 0.141. The van der Waals surface area contributed by atoms with Gasteiger partial charge in [0.25, 0.3) is 6.43 Å². The molecular weight excluding hydrogens is 291 g/mol. The van der Waals surface area contributed by atoms with E-state index in [0.717, 1.165) is 10.7 Å². The maximum atomic E-state index is 13.8. The third-order valence-electron chi connectivity index (χ3n) is 2.81. The van der Waals surface area contributed by atoms with Crippen LogP contribution in [-0.2, 0) is 6.54 Å². The van der Waals surface area contributed by atoms with Crippen molar-refractivity contribution in [3.05, 3.63) is 46.5 Å². The highest BCUT2D eigenvalue weighted by Gasteiger charge is 2.23. The Morgan fingerprint density at radius 2 is 2.15 bits per heavy atom. The number of nitrogens with zero attached hydrogens (tertiary/aromatic N) is 2. The van der Waals surface area contributed by atoms with Crippen molar-refractivity contribution in [3.63, 3.8) is 0 Å². The van der Waals surface area contributed by atoms with E-state index in [1.807, 2.05) is 6.92 Å². The molecule has 0 aliphatic heterocycles. The summed E-state index contributed by atoms with van der Waals surface area (Å²) < 4.78 is 41.2. The van der Waals surface area contributed by atoms with Crippen LogP contribution in [0, 0.1) is 5.82 Å². The molecule has 20 heavy (non-hydrogen) atoms. The summed E-state index contributed by atoms with van der Waals surface area (Å²) in [5.41, 5.74) is -0.189. The maximum absolute atomic E-state index is 13.8. The van der Waals surface area contributed by atoms with E-state index in [2.05, 4.69) is 10.4 Å². The lowest BCUT2D eigenvalue weighted by atomic mass is 10.2. The summed E-state index contributed by atoms with van der Waals surface area (Å²) in [5, 5.41) is 6.83. The van der Waals surface area contributed by atoms with Crippen LogP contribution in [0.2, 0.25) is 5.02 Å². The molecule has 0 amide bonds. The van der Waals surface area contributed by atoms with E-state index in [9.17, 15) is 13.2 Å². The van der Waals surface area contributed by atoms with Crippen LogP contribution in [-0.4, -0.2) is 16.3 Å². The maximum Gasteiger partial charge on any atom is 0.280 e. The van der Waals surface area contributed by atoms with Gasteiger partial charge in [-0.05, 0) is 18.7 Å². The minimum atomic E-state index is -2.78. The van der Waals surface area contributed by atoms with Crippen LogP contribution < -0.4 is 5.32 Å². The van der Waals surface area contributed by atoms with Crippen LogP contribution in [0.25, 0.3) is 5.69 Å². The number of alkyl halides is 2. The molecule has 7 heteroatoms. The summed E-state index contributed by atoms with van der Waals surface area (Å²) in [6.07, 6.45) is -1.48. The summed E-state index contributed by atoms with van der Waals surface area (Å²) in [6, 6.07) is 4.00. The molecule has 108 valence electrons. The monoisotopic (exact) mass is 303 g/mol. The molecule has 0 spiro atoms. The summed E-state index contributed by atoms with van der Waals surface area (Å²) in [7, 11) is 0. The van der Waals surface area contributed by atoms with E-state index in [1.165, 1.54) is 18.3 Å². The Labute approximate surface area is 119 Å². The first-order valence-electron chi connectivity index (χ1n) is 6.06. The van der Waals surface area contributed by atoms with Gasteiger partial charge in [-0.1, -0.05) is 24.6 Å². The Balaban J connectivity index is 2.54. The number of halogens is 4. The highest BCUT2D eigenvalue weighted by atomic mass is 35.5. The molecule has 0 fully saturated rings. The van der Waals surface area contributed by atoms with Crippen molar-refractivity contribution in [2.45, 2.75) is 19.9 Å². The van der Waals surface area contributed by atoms with Gasteiger partial charge in [-0.15, -0.1) is 0 Å². The number of benzene rings is 1. The van der Waals surface area contributed by atoms with Crippen LogP contribution in [0.5, 0.6) is 0 Å². The summed E-state index contributed by atoms with van der Waals surface area (Å²) in [5.74, 6) is -0.697. The van der Waals surface area contributed by atoms with Crippen molar-refractivity contribution >= 4 is 11.6 Å². The number of para-hydroxylation sites is 1. The quantitative estimate of drug-likeness (QED) is 0.912. The SMILES string of the molecule is CCNCc1cnn(-c2c(F)cccc2Cl)c1C(F)F. The van der Waals surface area contributed by atoms with Gasteiger partial charge in [0.05, 0.1) is 11.2 Å². The minimum Gasteiger partial charge on any atom is -0.313 e. The van der Waals surface area contributed by atoms with Crippen molar-refractivity contribution in [1.82, 2.24) is 15.1 Å². The normalized spacial score (nSPS) is 11.3. The van der Waals surface area contributed by atoms with E-state index >= 15 is 0 Å². The van der Waals surface area contributed by atoms with Crippen LogP contribution in [0.4, 0.5) is 13.2 Å². The second-order valence-corrected chi connectivity index (χ2v) is 4.53. The first kappa shape index (κ1) is 14.9. The lowest BCUT2D eigenvalue weighted by Crippen LogP contribution is -2.14. The van der Waals surface area contributed by atoms with Gasteiger partial charge in [0.15, 0.2) is 0 Å². The molecule has 1 aromatic carbocycles. The van der Waals surface area contributed by atoms with Gasteiger partial charge in [-0.2, -0.15) is 5.10 Å². The fourth-order valence-electron chi connectivity index (χ4n) is 1.89. The minimum absolute atomic E-state index is 0.0324. The van der Waals surface area contributed by atoms with Gasteiger partial charge < -0.3 is 5.32 Å². The molecule has 0 aliphatic rings. The number of rotatable bonds is 5. The highest BCUT2D eigenvalue weighted by Crippen LogP contribution is 2.30. The van der Waals surface area contributed by atoms with E-state index in [-0.39, 0.29) is 22.9 Å². The fraction of sp³-hybridized carbons (Fsp3) is 0.308. The predicted molar refractivity (Wildman–Crippen MR) is 70.9 cm³/mol. The average Bonchev–Trinajstić information content (AvgIpc) is 2.80. The number of hydrogen-bond donors (Lipinski definition) is 1. The van der Waals surface area contributed by atoms with Crippen molar-refractivity contribution in [2.75, 3.05) is 6.54 Å². The van der Waals surface area contributed by atoms with E-state index < -0.39 is 12.2 Å². The van der Waals surface area contributed by atoms with Crippen LogP contribution >= 0.6 is 11.6 Å². The molecule has 1 heterocycles. The zero-order chi connectivity index (χ0) is 14.7. The van der Waals surface area contributed by atoms with E-state index in [0.29, 0.717) is 12.1 Å². The fourth-order valence-corrected chi connectivity index (χ4v) is 2.13. The molecule has 0 atom stereocenters. The van der Waals surface area contributed by atoms with E-state index in [4.69, 9.17) is 11.6 Å². The first-order valence-corrected chi connectivity index (χ1v) is 6.44. The third kappa shape index (κ3) is 2.81. The Morgan fingerprint density at radius 1 is 1.40 bits per heavy atom. The Hall–Kier alpha value is -1.53. The second kappa shape index (κ2) is 6.28. The standard InChI is InChI=1S/C13H13ClF3N3/c1-2-18-6-8-7-19-20(11(8)13(16)17)12-9(14)4-3-5-10(12)15/h3-5,7,13,18H,2,6H2,1H3. The number of aromatic nitrogens is 2. The Morgan fingerprint density at radius 3 is 2.75 bits per heavy atom. The zero-order valence-electron chi connectivity index (χ0n) is 10.7. The van der Waals surface area contributed by atoms with Crippen LogP contribution in [0.3, 0.4) is 0 Å². The zero-order valence-corrected chi connectivity index (χ0v) is 11.5. The van der Waals surface area contributed by atoms with Crippen molar-refractivity contribution in [1.29, 1.82) is 0 Å². The molecule has 2 rings (SSSR count). The lowest BCUT2D eigenvalue weighted by Gasteiger charge is -2.11. The number of hydrogen-bond acceptors (Lipinski definition) is 2.